The van der Waals surface area contributed by atoms with E-state index in [9.17, 15) is 76.6 Å². The monoisotopic (exact) mass is 668 g/mol. The van der Waals surface area contributed by atoms with Crippen LogP contribution in [-0.4, -0.2) is 226 Å². The second-order valence-electron chi connectivity index (χ2n) is 10.9. The Bertz CT molecular complexity index is 869. The summed E-state index contributed by atoms with van der Waals surface area (Å²) in [5, 5.41) is 151. The summed E-state index contributed by atoms with van der Waals surface area (Å²) in [6.45, 7) is -4.81. The Morgan fingerprint density at radius 3 is 1.31 bits per heavy atom. The molecule has 45 heavy (non-hydrogen) atoms. The fourth-order valence-corrected chi connectivity index (χ4v) is 5.13. The predicted molar refractivity (Wildman–Crippen MR) is 136 cm³/mol. The van der Waals surface area contributed by atoms with E-state index in [0.717, 1.165) is 0 Å². The van der Waals surface area contributed by atoms with Crippen molar-refractivity contribution in [1.82, 2.24) is 0 Å². The topological polar surface area (TPSA) is 359 Å². The minimum atomic E-state index is -2.16. The highest BCUT2D eigenvalue weighted by Gasteiger charge is 2.55. The lowest BCUT2D eigenvalue weighted by Crippen LogP contribution is -2.68. The van der Waals surface area contributed by atoms with Crippen molar-refractivity contribution in [2.24, 2.45) is 0 Å². The van der Waals surface area contributed by atoms with E-state index in [0.29, 0.717) is 0 Å². The van der Waals surface area contributed by atoms with Gasteiger partial charge in [0.2, 0.25) is 0 Å². The minimum absolute atomic E-state index is 0.852. The summed E-state index contributed by atoms with van der Waals surface area (Å²) in [4.78, 5) is 0. The average Bonchev–Trinajstić information content (AvgIpc) is 3.04. The van der Waals surface area contributed by atoms with Gasteiger partial charge in [0.15, 0.2) is 18.9 Å². The predicted octanol–water partition coefficient (Wildman–Crippen LogP) is -10.1. The molecule has 3 rings (SSSR count). The van der Waals surface area contributed by atoms with Crippen molar-refractivity contribution in [3.63, 3.8) is 0 Å². The van der Waals surface area contributed by atoms with Crippen LogP contribution in [0.25, 0.3) is 0 Å². The zero-order chi connectivity index (χ0) is 33.7. The maximum atomic E-state index is 11.3. The second-order valence-corrected chi connectivity index (χ2v) is 10.9. The first-order valence-electron chi connectivity index (χ1n) is 14.0. The molecule has 0 aromatic carbocycles. The molecule has 3 heterocycles. The van der Waals surface area contributed by atoms with E-state index in [1.807, 2.05) is 0 Å². The maximum Gasteiger partial charge on any atom is 0.187 e. The molecule has 0 radical (unpaired) electrons. The number of hydrogen-bond acceptors (Lipinski definition) is 21. The van der Waals surface area contributed by atoms with Gasteiger partial charge in [-0.05, 0) is 0 Å². The van der Waals surface area contributed by atoms with Gasteiger partial charge in [0.25, 0.3) is 0 Å². The Labute approximate surface area is 255 Å². The summed E-state index contributed by atoms with van der Waals surface area (Å²) in [6, 6.07) is 0. The Balaban J connectivity index is 1.98. The van der Waals surface area contributed by atoms with Crippen LogP contribution in [0.2, 0.25) is 0 Å². The molecule has 21 heteroatoms. The molecule has 3 saturated heterocycles. The van der Waals surface area contributed by atoms with Crippen molar-refractivity contribution >= 4 is 0 Å². The molecule has 21 nitrogen and oxygen atoms in total. The number of rotatable bonds is 14. The van der Waals surface area contributed by atoms with Crippen LogP contribution < -0.4 is 0 Å². The van der Waals surface area contributed by atoms with Gasteiger partial charge in [0.1, 0.15) is 97.7 Å². The third-order valence-electron chi connectivity index (χ3n) is 7.85. The Kier molecular flexibility index (Phi) is 14.6. The van der Waals surface area contributed by atoms with Gasteiger partial charge >= 0.3 is 0 Å². The number of aliphatic hydroxyl groups excluding tert-OH is 15. The fraction of sp³-hybridized carbons (Fsp3) is 1.00. The zero-order valence-corrected chi connectivity index (χ0v) is 23.7. The van der Waals surface area contributed by atoms with E-state index < -0.39 is 150 Å². The van der Waals surface area contributed by atoms with Crippen molar-refractivity contribution in [3.05, 3.63) is 0 Å². The first-order valence-corrected chi connectivity index (χ1v) is 14.0. The molecule has 0 unspecified atom stereocenters. The summed E-state index contributed by atoms with van der Waals surface area (Å²) in [5.74, 6) is 0. The number of ether oxygens (including phenoxy) is 6. The Morgan fingerprint density at radius 1 is 0.467 bits per heavy atom. The van der Waals surface area contributed by atoms with Gasteiger partial charge in [-0.3, -0.25) is 0 Å². The molecule has 15 N–H and O–H groups in total. The standard InChI is InChI=1S/C24H44O21/c25-1-6(30)11(32)19(7(31)2-26)43-24-18(39)21(45-23-17(38)15(36)13(34)9(4-28)41-23)20(10(5-29)42-24)44-22-16(37)14(35)12(33)8(3-27)40-22/h6-39H,1-5H2/t6-,7+,8+,9+,10+,11+,12-,13+,14-,15-,16+,17+,18+,19-,20-,21+,22-,23-,24-/m0/s1. The highest BCUT2D eigenvalue weighted by atomic mass is 16.8. The van der Waals surface area contributed by atoms with E-state index in [4.69, 9.17) is 28.4 Å². The second kappa shape index (κ2) is 17.0. The number of hydrogen-bond donors (Lipinski definition) is 15. The van der Waals surface area contributed by atoms with Crippen LogP contribution in [-0.2, 0) is 28.4 Å². The van der Waals surface area contributed by atoms with E-state index in [-0.39, 0.29) is 0 Å². The van der Waals surface area contributed by atoms with Gasteiger partial charge in [0.05, 0.1) is 33.0 Å². The summed E-state index contributed by atoms with van der Waals surface area (Å²) >= 11 is 0. The molecule has 0 aromatic heterocycles. The van der Waals surface area contributed by atoms with E-state index in [1.54, 1.807) is 0 Å². The SMILES string of the molecule is OC[C@@H](O)[C@H](O[C@@H]1O[C@H](CO)[C@H](O[C@@H]2O[C@H](CO)[C@H](O)[C@H](O)[C@H]2O)[C@H](O[C@@H]2O[C@H](CO)[C@@H](O)[C@H](O)[C@H]2O)[C@H]1O)[C@H](O)[C@@H](O)CO. The molecule has 19 atom stereocenters. The number of aliphatic hydroxyl groups is 15. The summed E-state index contributed by atoms with van der Waals surface area (Å²) in [5.41, 5.74) is 0. The minimum Gasteiger partial charge on any atom is -0.394 e. The molecule has 266 valence electrons. The van der Waals surface area contributed by atoms with Crippen LogP contribution in [0.5, 0.6) is 0 Å². The van der Waals surface area contributed by atoms with E-state index >= 15 is 0 Å². The maximum absolute atomic E-state index is 11.3. The molecule has 3 aliphatic heterocycles. The van der Waals surface area contributed by atoms with E-state index in [2.05, 4.69) is 0 Å². The van der Waals surface area contributed by atoms with Crippen molar-refractivity contribution in [2.45, 2.75) is 117 Å². The average molecular weight is 669 g/mol. The van der Waals surface area contributed by atoms with Crippen LogP contribution in [0.15, 0.2) is 0 Å². The van der Waals surface area contributed by atoms with Crippen molar-refractivity contribution < 1.29 is 105 Å². The van der Waals surface area contributed by atoms with Crippen LogP contribution in [0.3, 0.4) is 0 Å². The molecule has 3 fully saturated rings. The molecule has 3 aliphatic rings. The van der Waals surface area contributed by atoms with Gasteiger partial charge in [-0.2, -0.15) is 0 Å². The smallest absolute Gasteiger partial charge is 0.187 e. The Morgan fingerprint density at radius 2 is 0.889 bits per heavy atom. The summed E-state index contributed by atoms with van der Waals surface area (Å²) in [6.07, 6.45) is -35.9. The van der Waals surface area contributed by atoms with Gasteiger partial charge in [-0.15, -0.1) is 0 Å². The zero-order valence-electron chi connectivity index (χ0n) is 23.7. The molecule has 0 spiro atoms. The largest absolute Gasteiger partial charge is 0.394 e. The quantitative estimate of drug-likeness (QED) is 0.0816. The molecule has 0 aromatic rings. The molecule has 0 amide bonds. The van der Waals surface area contributed by atoms with Crippen molar-refractivity contribution in [1.29, 1.82) is 0 Å². The first kappa shape index (κ1) is 38.6. The van der Waals surface area contributed by atoms with Crippen LogP contribution in [0.4, 0.5) is 0 Å². The van der Waals surface area contributed by atoms with Crippen LogP contribution in [0.1, 0.15) is 0 Å². The Hall–Kier alpha value is -0.840. The molecular formula is C24H44O21. The van der Waals surface area contributed by atoms with Gasteiger partial charge in [-0.1, -0.05) is 0 Å². The molecular weight excluding hydrogens is 624 g/mol. The first-order chi connectivity index (χ1) is 21.2. The lowest BCUT2D eigenvalue weighted by atomic mass is 9.95. The highest BCUT2D eigenvalue weighted by Crippen LogP contribution is 2.34. The third-order valence-corrected chi connectivity index (χ3v) is 7.85. The normalized spacial score (nSPS) is 45.5. The van der Waals surface area contributed by atoms with Crippen molar-refractivity contribution in [3.8, 4) is 0 Å². The fourth-order valence-electron chi connectivity index (χ4n) is 5.13. The summed E-state index contributed by atoms with van der Waals surface area (Å²) < 4.78 is 33.0. The van der Waals surface area contributed by atoms with Crippen LogP contribution in [0, 0.1) is 0 Å². The molecule has 0 aliphatic carbocycles. The lowest BCUT2D eigenvalue weighted by Gasteiger charge is -2.49. The van der Waals surface area contributed by atoms with Gasteiger partial charge in [0, 0.05) is 0 Å². The molecule has 0 saturated carbocycles. The van der Waals surface area contributed by atoms with Crippen molar-refractivity contribution in [2.75, 3.05) is 33.0 Å². The molecule has 0 bridgehead atoms. The third kappa shape index (κ3) is 8.43. The lowest BCUT2D eigenvalue weighted by molar-refractivity contribution is -0.393. The summed E-state index contributed by atoms with van der Waals surface area (Å²) in [7, 11) is 0. The van der Waals surface area contributed by atoms with Gasteiger partial charge < -0.3 is 105 Å². The van der Waals surface area contributed by atoms with E-state index in [1.165, 1.54) is 0 Å². The van der Waals surface area contributed by atoms with Gasteiger partial charge in [-0.25, -0.2) is 0 Å². The highest BCUT2D eigenvalue weighted by molar-refractivity contribution is 4.97. The van der Waals surface area contributed by atoms with Crippen LogP contribution >= 0.6 is 0 Å².